The highest BCUT2D eigenvalue weighted by molar-refractivity contribution is 5.90. The first kappa shape index (κ1) is 24.1. The van der Waals surface area contributed by atoms with E-state index >= 15 is 0 Å². The lowest BCUT2D eigenvalue weighted by molar-refractivity contribution is -0.145. The highest BCUT2D eigenvalue weighted by Gasteiger charge is 2.50. The van der Waals surface area contributed by atoms with E-state index in [9.17, 15) is 14.4 Å². The first-order chi connectivity index (χ1) is 17.1. The maximum Gasteiger partial charge on any atom is 0.340 e. The molecule has 0 amide bonds. The molecule has 0 aromatic heterocycles. The Bertz CT molecular complexity index is 1130. The molecule has 0 saturated carbocycles. The second kappa shape index (κ2) is 11.4. The van der Waals surface area contributed by atoms with Crippen molar-refractivity contribution in [3.05, 3.63) is 108 Å². The summed E-state index contributed by atoms with van der Waals surface area (Å²) >= 11 is 0. The quantitative estimate of drug-likeness (QED) is 0.359. The molecule has 4 atom stereocenters. The van der Waals surface area contributed by atoms with Crippen LogP contribution in [0.25, 0.3) is 0 Å². The standard InChI is InChI=1S/C27H24O8/c1-31-23-22(34-25(29)19-13-7-3-8-14-19)21(17-32-24(28)18-11-5-2-6-12-18)33-27(23)35-26(30)20-15-9-4-10-16-20/h2-16,21-23,27H,17H2,1H3/t21-,22-,23-,27?/m1/s1. The van der Waals surface area contributed by atoms with E-state index in [0.717, 1.165) is 0 Å². The number of ether oxygens (including phenoxy) is 5. The van der Waals surface area contributed by atoms with Crippen LogP contribution in [0.3, 0.4) is 0 Å². The molecule has 0 aliphatic carbocycles. The van der Waals surface area contributed by atoms with Gasteiger partial charge >= 0.3 is 17.9 Å². The van der Waals surface area contributed by atoms with Crippen LogP contribution in [0.1, 0.15) is 31.1 Å². The van der Waals surface area contributed by atoms with Gasteiger partial charge in [0.05, 0.1) is 16.7 Å². The maximum absolute atomic E-state index is 12.8. The minimum absolute atomic E-state index is 0.250. The van der Waals surface area contributed by atoms with Crippen LogP contribution in [-0.2, 0) is 23.7 Å². The maximum atomic E-state index is 12.8. The molecule has 3 aromatic carbocycles. The van der Waals surface area contributed by atoms with E-state index in [1.54, 1.807) is 91.0 Å². The lowest BCUT2D eigenvalue weighted by Gasteiger charge is -2.22. The van der Waals surface area contributed by atoms with Crippen molar-refractivity contribution in [2.24, 2.45) is 0 Å². The van der Waals surface area contributed by atoms with Gasteiger partial charge in [-0.25, -0.2) is 14.4 Å². The van der Waals surface area contributed by atoms with E-state index in [2.05, 4.69) is 0 Å². The minimum atomic E-state index is -1.19. The highest BCUT2D eigenvalue weighted by Crippen LogP contribution is 2.29. The second-order valence-electron chi connectivity index (χ2n) is 7.72. The molecule has 1 unspecified atom stereocenters. The van der Waals surface area contributed by atoms with Gasteiger partial charge < -0.3 is 23.7 Å². The fourth-order valence-corrected chi connectivity index (χ4v) is 3.64. The molecule has 8 heteroatoms. The number of rotatable bonds is 8. The van der Waals surface area contributed by atoms with Gasteiger partial charge in [0.25, 0.3) is 0 Å². The fourth-order valence-electron chi connectivity index (χ4n) is 3.64. The monoisotopic (exact) mass is 476 g/mol. The Morgan fingerprint density at radius 3 is 1.60 bits per heavy atom. The number of carbonyl (C=O) groups excluding carboxylic acids is 3. The molecule has 1 heterocycles. The van der Waals surface area contributed by atoms with Crippen LogP contribution < -0.4 is 0 Å². The van der Waals surface area contributed by atoms with Crippen molar-refractivity contribution in [3.63, 3.8) is 0 Å². The number of benzene rings is 3. The molecule has 0 N–H and O–H groups in total. The number of hydrogen-bond donors (Lipinski definition) is 0. The third-order valence-corrected chi connectivity index (χ3v) is 5.41. The predicted molar refractivity (Wildman–Crippen MR) is 124 cm³/mol. The Hall–Kier alpha value is -4.01. The van der Waals surface area contributed by atoms with Gasteiger partial charge in [-0.3, -0.25) is 0 Å². The van der Waals surface area contributed by atoms with E-state index in [0.29, 0.717) is 16.7 Å². The molecule has 180 valence electrons. The summed E-state index contributed by atoms with van der Waals surface area (Å²) in [5.74, 6) is -1.82. The average molecular weight is 476 g/mol. The normalized spacial score (nSPS) is 21.2. The molecular weight excluding hydrogens is 452 g/mol. The first-order valence-corrected chi connectivity index (χ1v) is 11.0. The molecule has 35 heavy (non-hydrogen) atoms. The molecule has 0 bridgehead atoms. The van der Waals surface area contributed by atoms with Crippen LogP contribution in [0, 0.1) is 0 Å². The van der Waals surface area contributed by atoms with Gasteiger partial charge in [-0.1, -0.05) is 54.6 Å². The van der Waals surface area contributed by atoms with Crippen molar-refractivity contribution in [1.29, 1.82) is 0 Å². The molecule has 4 rings (SSSR count). The summed E-state index contributed by atoms with van der Waals surface area (Å²) < 4.78 is 28.0. The van der Waals surface area contributed by atoms with E-state index in [4.69, 9.17) is 23.7 Å². The Morgan fingerprint density at radius 1 is 0.657 bits per heavy atom. The lowest BCUT2D eigenvalue weighted by Crippen LogP contribution is -2.41. The van der Waals surface area contributed by atoms with Crippen LogP contribution >= 0.6 is 0 Å². The minimum Gasteiger partial charge on any atom is -0.459 e. The number of carbonyl (C=O) groups is 3. The summed E-state index contributed by atoms with van der Waals surface area (Å²) in [5, 5.41) is 0. The largest absolute Gasteiger partial charge is 0.459 e. The van der Waals surface area contributed by atoms with Gasteiger partial charge in [0.1, 0.15) is 12.7 Å². The zero-order chi connectivity index (χ0) is 24.6. The van der Waals surface area contributed by atoms with Gasteiger partial charge in [-0.05, 0) is 36.4 Å². The molecule has 3 aromatic rings. The Kier molecular flexibility index (Phi) is 7.87. The van der Waals surface area contributed by atoms with Crippen molar-refractivity contribution in [2.75, 3.05) is 13.7 Å². The molecule has 0 spiro atoms. The average Bonchev–Trinajstić information content (AvgIpc) is 3.23. The molecule has 1 aliphatic heterocycles. The predicted octanol–water partition coefficient (Wildman–Crippen LogP) is 3.67. The lowest BCUT2D eigenvalue weighted by atomic mass is 10.1. The van der Waals surface area contributed by atoms with E-state index in [-0.39, 0.29) is 6.61 Å². The van der Waals surface area contributed by atoms with Crippen LogP contribution in [-0.4, -0.2) is 56.2 Å². The summed E-state index contributed by atoms with van der Waals surface area (Å²) in [6, 6.07) is 25.2. The number of esters is 3. The van der Waals surface area contributed by atoms with Crippen molar-refractivity contribution in [3.8, 4) is 0 Å². The van der Waals surface area contributed by atoms with Crippen LogP contribution in [0.15, 0.2) is 91.0 Å². The summed E-state index contributed by atoms with van der Waals surface area (Å²) in [6.45, 7) is -0.250. The van der Waals surface area contributed by atoms with E-state index < -0.39 is 42.5 Å². The van der Waals surface area contributed by atoms with Gasteiger partial charge in [0.15, 0.2) is 12.2 Å². The number of hydrogen-bond acceptors (Lipinski definition) is 8. The van der Waals surface area contributed by atoms with Crippen LogP contribution in [0.4, 0.5) is 0 Å². The molecule has 8 nitrogen and oxygen atoms in total. The third-order valence-electron chi connectivity index (χ3n) is 5.41. The van der Waals surface area contributed by atoms with Crippen LogP contribution in [0.2, 0.25) is 0 Å². The summed E-state index contributed by atoms with van der Waals surface area (Å²) in [4.78, 5) is 37.8. The van der Waals surface area contributed by atoms with Crippen molar-refractivity contribution >= 4 is 17.9 Å². The van der Waals surface area contributed by atoms with Gasteiger partial charge in [0.2, 0.25) is 6.29 Å². The summed E-state index contributed by atoms with van der Waals surface area (Å²) in [5.41, 5.74) is 1.01. The SMILES string of the molecule is CO[C@H]1C(OC(=O)c2ccccc2)O[C@H](COC(=O)c2ccccc2)[C@H]1OC(=O)c1ccccc1. The van der Waals surface area contributed by atoms with E-state index in [1.165, 1.54) is 7.11 Å². The first-order valence-electron chi connectivity index (χ1n) is 11.0. The summed E-state index contributed by atoms with van der Waals surface area (Å²) in [6.07, 6.45) is -4.09. The Morgan fingerprint density at radius 2 is 1.11 bits per heavy atom. The zero-order valence-corrected chi connectivity index (χ0v) is 18.9. The summed E-state index contributed by atoms with van der Waals surface area (Å²) in [7, 11) is 1.39. The molecule has 1 aliphatic rings. The molecule has 1 saturated heterocycles. The molecule has 0 radical (unpaired) electrons. The molecule has 1 fully saturated rings. The van der Waals surface area contributed by atoms with Crippen molar-refractivity contribution < 1.29 is 38.1 Å². The van der Waals surface area contributed by atoms with E-state index in [1.807, 2.05) is 0 Å². The Balaban J connectivity index is 1.51. The highest BCUT2D eigenvalue weighted by atomic mass is 16.7. The van der Waals surface area contributed by atoms with Gasteiger partial charge in [-0.2, -0.15) is 0 Å². The van der Waals surface area contributed by atoms with Crippen molar-refractivity contribution in [2.45, 2.75) is 24.6 Å². The second-order valence-corrected chi connectivity index (χ2v) is 7.72. The molecular formula is C27H24O8. The zero-order valence-electron chi connectivity index (χ0n) is 18.9. The fraction of sp³-hybridized carbons (Fsp3) is 0.222. The Labute approximate surface area is 202 Å². The van der Waals surface area contributed by atoms with Gasteiger partial charge in [-0.15, -0.1) is 0 Å². The smallest absolute Gasteiger partial charge is 0.340 e. The topological polar surface area (TPSA) is 97.4 Å². The van der Waals surface area contributed by atoms with Gasteiger partial charge in [0, 0.05) is 7.11 Å². The number of methoxy groups -OCH3 is 1. The third kappa shape index (κ3) is 5.92. The van der Waals surface area contributed by atoms with Crippen molar-refractivity contribution in [1.82, 2.24) is 0 Å². The van der Waals surface area contributed by atoms with Crippen LogP contribution in [0.5, 0.6) is 0 Å².